The predicted octanol–water partition coefficient (Wildman–Crippen LogP) is 6.59. The van der Waals surface area contributed by atoms with Gasteiger partial charge in [-0.05, 0) is 50.4 Å². The molecule has 11 nitrogen and oxygen atoms in total. The molecule has 0 aliphatic carbocycles. The Bertz CT molecular complexity index is 2340. The molecule has 2 fully saturated rings. The molecule has 0 amide bonds. The predicted molar refractivity (Wildman–Crippen MR) is 200 cm³/mol. The number of ether oxygens (including phenoxy) is 2. The van der Waals surface area contributed by atoms with Crippen LogP contribution in [0, 0.1) is 23.0 Å². The van der Waals surface area contributed by atoms with Gasteiger partial charge in [-0.2, -0.15) is 15.2 Å². The number of nitriles is 1. The summed E-state index contributed by atoms with van der Waals surface area (Å²) in [4.78, 5) is 18.1. The maximum absolute atomic E-state index is 17.4. The van der Waals surface area contributed by atoms with E-state index in [1.54, 1.807) is 12.3 Å². The second kappa shape index (κ2) is 13.2. The Morgan fingerprint density at radius 1 is 1.25 bits per heavy atom. The van der Waals surface area contributed by atoms with Crippen LogP contribution in [0.4, 0.5) is 25.4 Å². The molecule has 5 aromatic rings. The molecular formula is C36H35ClF2N8O3S2. The first-order valence-electron chi connectivity index (χ1n) is 17.0. The van der Waals surface area contributed by atoms with Gasteiger partial charge in [0.15, 0.2) is 11.6 Å². The van der Waals surface area contributed by atoms with Crippen LogP contribution >= 0.6 is 22.9 Å². The lowest BCUT2D eigenvalue weighted by Gasteiger charge is -2.32. The molecule has 270 valence electrons. The summed E-state index contributed by atoms with van der Waals surface area (Å²) in [5.74, 6) is -0.0205. The average molecular weight is 765 g/mol. The Balaban J connectivity index is 1.33. The van der Waals surface area contributed by atoms with Gasteiger partial charge >= 0.3 is 6.01 Å². The van der Waals surface area contributed by atoms with E-state index >= 15 is 8.78 Å². The molecule has 3 aromatic heterocycles. The second-order valence-corrected chi connectivity index (χ2v) is 16.8. The zero-order valence-electron chi connectivity index (χ0n) is 28.4. The van der Waals surface area contributed by atoms with Crippen LogP contribution in [-0.2, 0) is 10.8 Å². The maximum atomic E-state index is 17.4. The zero-order chi connectivity index (χ0) is 36.5. The highest BCUT2D eigenvalue weighted by molar-refractivity contribution is 7.85. The van der Waals surface area contributed by atoms with Crippen molar-refractivity contribution < 1.29 is 22.5 Å². The molecule has 6 heterocycles. The number of pyridine rings is 1. The summed E-state index contributed by atoms with van der Waals surface area (Å²) in [7, 11) is -0.953. The van der Waals surface area contributed by atoms with Crippen LogP contribution in [0.15, 0.2) is 30.5 Å². The number of benzene rings is 2. The van der Waals surface area contributed by atoms with Gasteiger partial charge in [-0.15, -0.1) is 11.3 Å². The van der Waals surface area contributed by atoms with Crippen molar-refractivity contribution in [1.82, 2.24) is 19.9 Å². The highest BCUT2D eigenvalue weighted by Crippen LogP contribution is 2.51. The van der Waals surface area contributed by atoms with E-state index in [-0.39, 0.29) is 89.5 Å². The number of nitrogens with two attached hydrogens (primary N) is 2. The molecule has 2 aromatic carbocycles. The third-order valence-electron chi connectivity index (χ3n) is 10.7. The molecule has 0 radical (unpaired) electrons. The highest BCUT2D eigenvalue weighted by Gasteiger charge is 2.50. The van der Waals surface area contributed by atoms with E-state index in [9.17, 15) is 9.47 Å². The van der Waals surface area contributed by atoms with Crippen molar-refractivity contribution in [2.75, 3.05) is 55.0 Å². The van der Waals surface area contributed by atoms with E-state index < -0.39 is 22.4 Å². The smallest absolute Gasteiger partial charge is 0.319 e. The van der Waals surface area contributed by atoms with Crippen molar-refractivity contribution in [2.24, 2.45) is 0 Å². The van der Waals surface area contributed by atoms with Crippen LogP contribution in [0.2, 0.25) is 5.02 Å². The number of hydrogen-bond donors (Lipinski definition) is 2. The quantitative estimate of drug-likeness (QED) is 0.176. The number of nitrogen functional groups attached to an aromatic ring is 2. The van der Waals surface area contributed by atoms with Gasteiger partial charge in [0.25, 0.3) is 0 Å². The SMILES string of the molecule is CCS(=O)[C@@H]1CN2CCC[C@@]2(COc2nc3c4c(c(Cl)c(-c5ccc(F)c6sc(N)c(C#N)c56)c(F)c4n2)OCCN3[C@H](C)c2cccnc2N)C1. The van der Waals surface area contributed by atoms with Gasteiger partial charge < -0.3 is 25.8 Å². The van der Waals surface area contributed by atoms with Gasteiger partial charge in [0.1, 0.15) is 47.3 Å². The van der Waals surface area contributed by atoms with Gasteiger partial charge in [-0.1, -0.05) is 30.7 Å². The summed E-state index contributed by atoms with van der Waals surface area (Å²) in [5.41, 5.74) is 12.8. The fraction of sp³-hybridized carbons (Fsp3) is 0.389. The summed E-state index contributed by atoms with van der Waals surface area (Å²) < 4.78 is 58.2. The number of anilines is 3. The van der Waals surface area contributed by atoms with Gasteiger partial charge in [-0.25, -0.2) is 13.8 Å². The molecule has 4 N–H and O–H groups in total. The van der Waals surface area contributed by atoms with E-state index in [4.69, 9.17) is 37.5 Å². The normalized spacial score (nSPS) is 21.2. The van der Waals surface area contributed by atoms with E-state index in [2.05, 4.69) is 14.9 Å². The van der Waals surface area contributed by atoms with E-state index in [1.807, 2.05) is 30.9 Å². The molecule has 3 aliphatic heterocycles. The average Bonchev–Trinajstić information content (AvgIpc) is 3.76. The summed E-state index contributed by atoms with van der Waals surface area (Å²) in [6.45, 7) is 6.16. The van der Waals surface area contributed by atoms with Crippen LogP contribution < -0.4 is 25.8 Å². The number of rotatable bonds is 8. The fourth-order valence-corrected chi connectivity index (χ4v) is 10.7. The molecule has 2 saturated heterocycles. The molecular weight excluding hydrogens is 730 g/mol. The minimum Gasteiger partial charge on any atom is -0.489 e. The van der Waals surface area contributed by atoms with Crippen LogP contribution in [0.5, 0.6) is 11.8 Å². The van der Waals surface area contributed by atoms with Gasteiger partial charge in [0.2, 0.25) is 0 Å². The highest BCUT2D eigenvalue weighted by atomic mass is 35.5. The molecule has 0 spiro atoms. The standard InChI is InChI=1S/C36H35ClF2N8O3S2/c1-3-52(48)19-14-36(9-5-11-46(36)16-19)17-50-35-44-29-26-30(49-13-12-47(34(26)45-35)18(2)20-6-4-10-43-32(20)41)27(37)25(28(29)39)21-7-8-23(38)31-24(21)22(15-40)33(42)51-31/h4,6-8,10,18-19H,3,5,9,11-14,16-17,42H2,1-2H3,(H2,41,43)/t18-,19+,36+,52?/m1/s1. The zero-order valence-corrected chi connectivity index (χ0v) is 30.8. The Morgan fingerprint density at radius 2 is 2.08 bits per heavy atom. The molecule has 0 bridgehead atoms. The lowest BCUT2D eigenvalue weighted by Crippen LogP contribution is -2.43. The first kappa shape index (κ1) is 34.7. The lowest BCUT2D eigenvalue weighted by atomic mass is 9.95. The van der Waals surface area contributed by atoms with E-state index in [0.717, 1.165) is 49.3 Å². The van der Waals surface area contributed by atoms with Crippen molar-refractivity contribution in [3.05, 3.63) is 58.2 Å². The summed E-state index contributed by atoms with van der Waals surface area (Å²) in [6, 6.07) is 7.85. The first-order chi connectivity index (χ1) is 25.1. The van der Waals surface area contributed by atoms with Crippen LogP contribution in [0.1, 0.15) is 50.3 Å². The lowest BCUT2D eigenvalue weighted by molar-refractivity contribution is 0.108. The van der Waals surface area contributed by atoms with Gasteiger partial charge in [0, 0.05) is 51.1 Å². The molecule has 0 saturated carbocycles. The Kier molecular flexibility index (Phi) is 8.84. The minimum absolute atomic E-state index is 0.0255. The summed E-state index contributed by atoms with van der Waals surface area (Å²) in [5, 5.41) is 10.4. The first-order valence-corrected chi connectivity index (χ1v) is 19.6. The van der Waals surface area contributed by atoms with Crippen molar-refractivity contribution >= 4 is 71.4 Å². The third kappa shape index (κ3) is 5.41. The van der Waals surface area contributed by atoms with Crippen LogP contribution in [0.25, 0.3) is 32.1 Å². The Labute approximate surface area is 309 Å². The monoisotopic (exact) mass is 764 g/mol. The number of nitrogens with zero attached hydrogens (tertiary/aromatic N) is 6. The van der Waals surface area contributed by atoms with E-state index in [1.165, 1.54) is 12.1 Å². The molecule has 8 rings (SSSR count). The third-order valence-corrected chi connectivity index (χ3v) is 13.7. The maximum Gasteiger partial charge on any atom is 0.319 e. The van der Waals surface area contributed by atoms with Crippen molar-refractivity contribution in [2.45, 2.75) is 49.9 Å². The second-order valence-electron chi connectivity index (χ2n) is 13.4. The molecule has 4 atom stereocenters. The molecule has 52 heavy (non-hydrogen) atoms. The summed E-state index contributed by atoms with van der Waals surface area (Å²) >= 11 is 7.99. The van der Waals surface area contributed by atoms with Crippen LogP contribution in [0.3, 0.4) is 0 Å². The van der Waals surface area contributed by atoms with Crippen LogP contribution in [-0.4, -0.2) is 73.5 Å². The minimum atomic E-state index is -0.953. The van der Waals surface area contributed by atoms with Crippen molar-refractivity contribution in [3.63, 3.8) is 0 Å². The topological polar surface area (TPSA) is 157 Å². The largest absolute Gasteiger partial charge is 0.489 e. The number of hydrogen-bond acceptors (Lipinski definition) is 12. The number of halogens is 3. The number of thiophene rings is 1. The molecule has 16 heteroatoms. The Morgan fingerprint density at radius 3 is 2.85 bits per heavy atom. The molecule has 3 aliphatic rings. The van der Waals surface area contributed by atoms with Gasteiger partial charge in [-0.3, -0.25) is 9.11 Å². The molecule has 1 unspecified atom stereocenters. The number of aromatic nitrogens is 3. The van der Waals surface area contributed by atoms with Crippen molar-refractivity contribution in [3.8, 4) is 29.0 Å². The van der Waals surface area contributed by atoms with Gasteiger partial charge in [0.05, 0.1) is 38.8 Å². The van der Waals surface area contributed by atoms with E-state index in [0.29, 0.717) is 23.9 Å². The fourth-order valence-electron chi connectivity index (χ4n) is 8.15. The van der Waals surface area contributed by atoms with Crippen molar-refractivity contribution in [1.29, 1.82) is 5.26 Å². The number of fused-ring (bicyclic) bond motifs is 2. The summed E-state index contributed by atoms with van der Waals surface area (Å²) in [6.07, 6.45) is 4.18. The Hall–Kier alpha value is -4.36.